The van der Waals surface area contributed by atoms with Crippen LogP contribution >= 0.6 is 0 Å². The topological polar surface area (TPSA) is 64.6 Å². The van der Waals surface area contributed by atoms with Gasteiger partial charge < -0.3 is 14.8 Å². The molecule has 5 heteroatoms. The molecule has 0 radical (unpaired) electrons. The second-order valence-electron chi connectivity index (χ2n) is 3.09. The molecular formula is C10H17NO4. The van der Waals surface area contributed by atoms with Crippen LogP contribution in [0.1, 0.15) is 27.2 Å². The summed E-state index contributed by atoms with van der Waals surface area (Å²) < 4.78 is 9.48. The van der Waals surface area contributed by atoms with Crippen molar-refractivity contribution in [3.8, 4) is 0 Å². The Bertz CT molecular complexity index is 250. The predicted molar refractivity (Wildman–Crippen MR) is 55.1 cm³/mol. The van der Waals surface area contributed by atoms with E-state index in [0.717, 1.165) is 6.42 Å². The number of amides is 1. The molecule has 15 heavy (non-hydrogen) atoms. The van der Waals surface area contributed by atoms with Crippen molar-refractivity contribution in [2.45, 2.75) is 33.5 Å². The molecule has 1 amide bonds. The molecule has 0 heterocycles. The minimum Gasteiger partial charge on any atom is -0.422 e. The van der Waals surface area contributed by atoms with Crippen LogP contribution in [-0.4, -0.2) is 24.9 Å². The number of rotatable bonds is 5. The summed E-state index contributed by atoms with van der Waals surface area (Å²) in [5.41, 5.74) is 0.263. The zero-order valence-corrected chi connectivity index (χ0v) is 9.33. The summed E-state index contributed by atoms with van der Waals surface area (Å²) in [7, 11) is 0. The first-order valence-corrected chi connectivity index (χ1v) is 4.78. The van der Waals surface area contributed by atoms with E-state index in [1.54, 1.807) is 0 Å². The lowest BCUT2D eigenvalue weighted by atomic mass is 10.4. The molecule has 0 aliphatic carbocycles. The third-order valence-electron chi connectivity index (χ3n) is 1.41. The number of alkyl carbamates (subject to hydrolysis) is 1. The van der Waals surface area contributed by atoms with Crippen LogP contribution in [0.5, 0.6) is 0 Å². The first-order valence-electron chi connectivity index (χ1n) is 4.78. The smallest absolute Gasteiger partial charge is 0.410 e. The van der Waals surface area contributed by atoms with Gasteiger partial charge in [0, 0.05) is 19.0 Å². The van der Waals surface area contributed by atoms with Crippen LogP contribution in [0, 0.1) is 0 Å². The molecule has 0 saturated heterocycles. The van der Waals surface area contributed by atoms with Gasteiger partial charge >= 0.3 is 12.1 Å². The maximum absolute atomic E-state index is 11.0. The van der Waals surface area contributed by atoms with E-state index in [1.807, 2.05) is 6.92 Å². The fourth-order valence-electron chi connectivity index (χ4n) is 0.695. The number of nitrogens with one attached hydrogen (secondary N) is 1. The second-order valence-corrected chi connectivity index (χ2v) is 3.09. The maximum Gasteiger partial charge on any atom is 0.410 e. The highest BCUT2D eigenvalue weighted by Gasteiger charge is 2.13. The first kappa shape index (κ1) is 13.5. The number of carbonyl (C=O) groups excluding carboxylic acids is 2. The highest BCUT2D eigenvalue weighted by molar-refractivity contribution is 5.87. The predicted octanol–water partition coefficient (Wildman–Crippen LogP) is 1.59. The van der Waals surface area contributed by atoms with Crippen molar-refractivity contribution in [1.82, 2.24) is 5.32 Å². The Morgan fingerprint density at radius 2 is 2.00 bits per heavy atom. The Balaban J connectivity index is 3.82. The van der Waals surface area contributed by atoms with E-state index in [9.17, 15) is 9.59 Å². The Kier molecular flexibility index (Phi) is 6.17. The summed E-state index contributed by atoms with van der Waals surface area (Å²) in [5.74, 6) is -0.578. The van der Waals surface area contributed by atoms with Crippen LogP contribution in [0.15, 0.2) is 12.2 Å². The van der Waals surface area contributed by atoms with E-state index in [2.05, 4.69) is 11.9 Å². The van der Waals surface area contributed by atoms with Crippen LogP contribution in [-0.2, 0) is 14.3 Å². The number of hydrogen-bond donors (Lipinski definition) is 1. The van der Waals surface area contributed by atoms with Crippen molar-refractivity contribution in [2.24, 2.45) is 0 Å². The minimum absolute atomic E-state index is 0.263. The van der Waals surface area contributed by atoms with E-state index in [-0.39, 0.29) is 5.57 Å². The van der Waals surface area contributed by atoms with Gasteiger partial charge in [0.15, 0.2) is 0 Å². The van der Waals surface area contributed by atoms with Crippen LogP contribution < -0.4 is 5.32 Å². The number of ether oxygens (including phenoxy) is 2. The molecule has 0 bridgehead atoms. The molecule has 1 atom stereocenters. The quantitative estimate of drug-likeness (QED) is 0.429. The lowest BCUT2D eigenvalue weighted by molar-refractivity contribution is -0.159. The summed E-state index contributed by atoms with van der Waals surface area (Å²) >= 11 is 0. The van der Waals surface area contributed by atoms with Gasteiger partial charge in [-0.05, 0) is 13.3 Å². The Morgan fingerprint density at radius 1 is 1.40 bits per heavy atom. The average Bonchev–Trinajstić information content (AvgIpc) is 2.14. The second kappa shape index (κ2) is 6.86. The molecule has 0 aliphatic rings. The first-order chi connectivity index (χ1) is 6.97. The maximum atomic E-state index is 11.0. The van der Waals surface area contributed by atoms with Crippen molar-refractivity contribution >= 4 is 12.1 Å². The van der Waals surface area contributed by atoms with E-state index in [1.165, 1.54) is 13.8 Å². The van der Waals surface area contributed by atoms with E-state index < -0.39 is 18.4 Å². The van der Waals surface area contributed by atoms with Gasteiger partial charge in [0.05, 0.1) is 0 Å². The van der Waals surface area contributed by atoms with Gasteiger partial charge in [0.25, 0.3) is 0 Å². The van der Waals surface area contributed by atoms with Gasteiger partial charge in [0.1, 0.15) is 0 Å². The monoisotopic (exact) mass is 215 g/mol. The molecule has 0 spiro atoms. The lowest BCUT2D eigenvalue weighted by Gasteiger charge is -2.14. The summed E-state index contributed by atoms with van der Waals surface area (Å²) in [5, 5.41) is 2.49. The Morgan fingerprint density at radius 3 is 2.47 bits per heavy atom. The zero-order chi connectivity index (χ0) is 11.8. The van der Waals surface area contributed by atoms with Crippen molar-refractivity contribution in [1.29, 1.82) is 0 Å². The van der Waals surface area contributed by atoms with Gasteiger partial charge in [-0.15, -0.1) is 0 Å². The van der Waals surface area contributed by atoms with Crippen molar-refractivity contribution in [2.75, 3.05) is 6.54 Å². The number of hydrogen-bond acceptors (Lipinski definition) is 4. The summed E-state index contributed by atoms with van der Waals surface area (Å²) in [6.07, 6.45) is -0.695. The molecule has 0 aliphatic heterocycles. The highest BCUT2D eigenvalue weighted by Crippen LogP contribution is 1.99. The van der Waals surface area contributed by atoms with Crippen LogP contribution in [0.3, 0.4) is 0 Å². The van der Waals surface area contributed by atoms with Crippen molar-refractivity contribution < 1.29 is 19.1 Å². The molecule has 0 rings (SSSR count). The summed E-state index contributed by atoms with van der Waals surface area (Å²) in [4.78, 5) is 22.0. The molecule has 1 unspecified atom stereocenters. The Labute approximate surface area is 89.4 Å². The third kappa shape index (κ3) is 6.54. The minimum atomic E-state index is -0.911. The van der Waals surface area contributed by atoms with Crippen molar-refractivity contribution in [3.05, 3.63) is 12.2 Å². The molecule has 0 aromatic carbocycles. The number of carbonyl (C=O) groups is 2. The van der Waals surface area contributed by atoms with Crippen LogP contribution in [0.25, 0.3) is 0 Å². The molecule has 0 fully saturated rings. The largest absolute Gasteiger partial charge is 0.422 e. The molecule has 0 aromatic heterocycles. The van der Waals surface area contributed by atoms with Gasteiger partial charge in [-0.2, -0.15) is 0 Å². The van der Waals surface area contributed by atoms with Crippen LogP contribution in [0.4, 0.5) is 4.79 Å². The number of esters is 1. The van der Waals surface area contributed by atoms with Crippen molar-refractivity contribution in [3.63, 3.8) is 0 Å². The zero-order valence-electron chi connectivity index (χ0n) is 9.33. The molecule has 1 N–H and O–H groups in total. The van der Waals surface area contributed by atoms with Gasteiger partial charge in [-0.3, -0.25) is 0 Å². The van der Waals surface area contributed by atoms with E-state index >= 15 is 0 Å². The third-order valence-corrected chi connectivity index (χ3v) is 1.41. The lowest BCUT2D eigenvalue weighted by Crippen LogP contribution is -2.30. The van der Waals surface area contributed by atoms with E-state index in [0.29, 0.717) is 6.54 Å². The highest BCUT2D eigenvalue weighted by atomic mass is 16.7. The average molecular weight is 215 g/mol. The van der Waals surface area contributed by atoms with Gasteiger partial charge in [-0.25, -0.2) is 9.59 Å². The normalized spacial score (nSPS) is 11.4. The Hall–Kier alpha value is -1.52. The summed E-state index contributed by atoms with van der Waals surface area (Å²) in [6, 6.07) is 0. The molecule has 0 aromatic rings. The molecule has 5 nitrogen and oxygen atoms in total. The van der Waals surface area contributed by atoms with Gasteiger partial charge in [0.2, 0.25) is 6.29 Å². The van der Waals surface area contributed by atoms with Crippen LogP contribution in [0.2, 0.25) is 0 Å². The molecule has 86 valence electrons. The van der Waals surface area contributed by atoms with Gasteiger partial charge in [-0.1, -0.05) is 13.5 Å². The standard InChI is InChI=1S/C10H17NO4/c1-5-6-11-10(13)15-8(4)14-9(12)7(2)3/h8H,2,5-6H2,1,3-4H3,(H,11,13). The fourth-order valence-corrected chi connectivity index (χ4v) is 0.695. The molecule has 0 saturated carbocycles. The van der Waals surface area contributed by atoms with E-state index in [4.69, 9.17) is 9.47 Å². The molecular weight excluding hydrogens is 198 g/mol. The fraction of sp³-hybridized carbons (Fsp3) is 0.600. The SMILES string of the molecule is C=C(C)C(=O)OC(C)OC(=O)NCCC. The summed E-state index contributed by atoms with van der Waals surface area (Å²) in [6.45, 7) is 8.84.